The molecule has 1 aliphatic heterocycles. The number of fused-ring (bicyclic) bond motifs is 1. The molecule has 1 aliphatic carbocycles. The van der Waals surface area contributed by atoms with Crippen LogP contribution in [-0.2, 0) is 4.79 Å². The van der Waals surface area contributed by atoms with E-state index in [-0.39, 0.29) is 5.78 Å². The van der Waals surface area contributed by atoms with E-state index >= 15 is 0 Å². The van der Waals surface area contributed by atoms with Crippen molar-refractivity contribution in [1.82, 2.24) is 9.97 Å². The summed E-state index contributed by atoms with van der Waals surface area (Å²) in [5, 5.41) is 1.40. The Kier molecular flexibility index (Phi) is 4.28. The van der Waals surface area contributed by atoms with Crippen molar-refractivity contribution in [3.8, 4) is 0 Å². The molecule has 3 aromatic rings. The average molecular weight is 405 g/mol. The van der Waals surface area contributed by atoms with Crippen LogP contribution >= 0.6 is 11.8 Å². The molecule has 7 nitrogen and oxygen atoms in total. The number of nitrogens with zero attached hydrogens (tertiary/aromatic N) is 2. The molecule has 0 radical (unpaired) electrons. The molecule has 2 aromatic heterocycles. The fraction of sp³-hybridized carbons (Fsp3) is 0.190. The van der Waals surface area contributed by atoms with Gasteiger partial charge in [-0.2, -0.15) is 0 Å². The third-order valence-corrected chi connectivity index (χ3v) is 6.02. The zero-order valence-electron chi connectivity index (χ0n) is 15.5. The van der Waals surface area contributed by atoms with Crippen molar-refractivity contribution in [2.24, 2.45) is 16.5 Å². The summed E-state index contributed by atoms with van der Waals surface area (Å²) in [5.74, 6) is 0.620. The number of carbonyl (C=O) groups excluding carboxylic acids is 1. The Morgan fingerprint density at radius 3 is 2.90 bits per heavy atom. The van der Waals surface area contributed by atoms with Crippen LogP contribution in [0.25, 0.3) is 11.0 Å². The molecule has 5 N–H and O–H groups in total. The summed E-state index contributed by atoms with van der Waals surface area (Å²) in [6.45, 7) is 0. The lowest BCUT2D eigenvalue weighted by Gasteiger charge is -2.29. The van der Waals surface area contributed by atoms with E-state index in [1.54, 1.807) is 0 Å². The molecule has 2 aliphatic rings. The van der Waals surface area contributed by atoms with Gasteiger partial charge in [-0.15, -0.1) is 0 Å². The first-order valence-corrected chi connectivity index (χ1v) is 10.2. The first-order valence-electron chi connectivity index (χ1n) is 9.39. The van der Waals surface area contributed by atoms with Gasteiger partial charge >= 0.3 is 0 Å². The number of hydrogen-bond donors (Lipinski definition) is 3. The maximum atomic E-state index is 12.7. The highest BCUT2D eigenvalue weighted by molar-refractivity contribution is 7.99. The largest absolute Gasteiger partial charge is 0.453 e. The van der Waals surface area contributed by atoms with E-state index in [2.05, 4.69) is 15.0 Å². The van der Waals surface area contributed by atoms with Crippen molar-refractivity contribution < 1.29 is 9.21 Å². The standard InChI is InChI=1S/C21H19N5O2S/c22-10-11-18(19-14(24-20(11)23)6-3-7-15(19)27)16-8-9-17(28-16)29-21-25-12-4-1-2-5-13(12)26-21/h1-2,4-5,8-10,18H,3,6-7,22H2,(H2,23,24)(H,25,26)/b11-10-/t18-/m1/s1. The minimum atomic E-state index is -0.426. The third kappa shape index (κ3) is 3.05. The van der Waals surface area contributed by atoms with Crippen LogP contribution in [0.5, 0.6) is 0 Å². The maximum absolute atomic E-state index is 12.7. The number of benzene rings is 1. The van der Waals surface area contributed by atoms with Gasteiger partial charge in [-0.1, -0.05) is 12.1 Å². The number of hydrogen-bond acceptors (Lipinski definition) is 7. The minimum Gasteiger partial charge on any atom is -0.453 e. The highest BCUT2D eigenvalue weighted by Crippen LogP contribution is 2.43. The number of H-pyrrole nitrogens is 1. The molecule has 0 amide bonds. The van der Waals surface area contributed by atoms with Gasteiger partial charge in [-0.25, -0.2) is 9.98 Å². The van der Waals surface area contributed by atoms with Crippen molar-refractivity contribution in [1.29, 1.82) is 0 Å². The van der Waals surface area contributed by atoms with Crippen molar-refractivity contribution in [2.45, 2.75) is 35.4 Å². The number of aromatic nitrogens is 2. The summed E-state index contributed by atoms with van der Waals surface area (Å²) in [4.78, 5) is 24.9. The number of aromatic amines is 1. The third-order valence-electron chi connectivity index (χ3n) is 5.21. The van der Waals surface area contributed by atoms with Gasteiger partial charge in [0.2, 0.25) is 0 Å². The highest BCUT2D eigenvalue weighted by Gasteiger charge is 2.37. The lowest BCUT2D eigenvalue weighted by atomic mass is 9.78. The Labute approximate surface area is 171 Å². The molecule has 0 saturated carbocycles. The van der Waals surface area contributed by atoms with E-state index in [1.807, 2.05) is 36.4 Å². The van der Waals surface area contributed by atoms with Crippen molar-refractivity contribution in [3.05, 3.63) is 65.2 Å². The van der Waals surface area contributed by atoms with Gasteiger partial charge in [-0.05, 0) is 48.9 Å². The number of amidine groups is 1. The molecule has 1 aromatic carbocycles. The fourth-order valence-corrected chi connectivity index (χ4v) is 4.67. The zero-order chi connectivity index (χ0) is 20.0. The quantitative estimate of drug-likeness (QED) is 0.612. The maximum Gasteiger partial charge on any atom is 0.174 e. The topological polar surface area (TPSA) is 123 Å². The summed E-state index contributed by atoms with van der Waals surface area (Å²) in [6, 6.07) is 11.6. The van der Waals surface area contributed by atoms with Crippen LogP contribution < -0.4 is 11.5 Å². The lowest BCUT2D eigenvalue weighted by Crippen LogP contribution is -2.30. The fourth-order valence-electron chi connectivity index (χ4n) is 3.90. The highest BCUT2D eigenvalue weighted by atomic mass is 32.2. The minimum absolute atomic E-state index is 0.0785. The van der Waals surface area contributed by atoms with E-state index in [9.17, 15) is 4.79 Å². The van der Waals surface area contributed by atoms with Crippen LogP contribution in [0.15, 0.2) is 79.1 Å². The molecular weight excluding hydrogens is 386 g/mol. The summed E-state index contributed by atoms with van der Waals surface area (Å²) >= 11 is 1.39. The average Bonchev–Trinajstić information content (AvgIpc) is 3.33. The second-order valence-electron chi connectivity index (χ2n) is 7.01. The molecule has 29 heavy (non-hydrogen) atoms. The molecule has 0 bridgehead atoms. The Morgan fingerprint density at radius 1 is 1.21 bits per heavy atom. The van der Waals surface area contributed by atoms with Gasteiger partial charge in [0, 0.05) is 23.8 Å². The van der Waals surface area contributed by atoms with Crippen LogP contribution in [0.2, 0.25) is 0 Å². The number of furan rings is 1. The van der Waals surface area contributed by atoms with Crippen molar-refractivity contribution in [2.75, 3.05) is 0 Å². The summed E-state index contributed by atoms with van der Waals surface area (Å²) < 4.78 is 6.11. The van der Waals surface area contributed by atoms with Gasteiger partial charge < -0.3 is 20.9 Å². The van der Waals surface area contributed by atoms with Crippen LogP contribution in [0.1, 0.15) is 30.9 Å². The van der Waals surface area contributed by atoms with E-state index in [0.29, 0.717) is 34.3 Å². The molecule has 5 rings (SSSR count). The lowest BCUT2D eigenvalue weighted by molar-refractivity contribution is -0.116. The summed E-state index contributed by atoms with van der Waals surface area (Å²) in [6.07, 6.45) is 3.44. The van der Waals surface area contributed by atoms with Crippen LogP contribution in [0.3, 0.4) is 0 Å². The molecule has 8 heteroatoms. The van der Waals surface area contributed by atoms with Gasteiger partial charge in [0.25, 0.3) is 0 Å². The van der Waals surface area contributed by atoms with Gasteiger partial charge in [0.15, 0.2) is 16.0 Å². The predicted molar refractivity (Wildman–Crippen MR) is 111 cm³/mol. The number of allylic oxidation sites excluding steroid dienone is 2. The molecule has 0 saturated heterocycles. The molecular formula is C21H19N5O2S. The molecule has 0 spiro atoms. The SMILES string of the molecule is N/C=C1\C(N)=NC2=C(C(=O)CCC2)[C@H]1c1ccc(Sc2nc3ccccc3[nH]2)o1. The number of aliphatic imine (C=N–C) groups is 1. The number of nitrogens with two attached hydrogens (primary N) is 2. The molecule has 146 valence electrons. The smallest absolute Gasteiger partial charge is 0.174 e. The number of para-hydroxylation sites is 2. The first-order chi connectivity index (χ1) is 14.1. The zero-order valence-corrected chi connectivity index (χ0v) is 16.3. The number of carbonyl (C=O) groups is 1. The summed E-state index contributed by atoms with van der Waals surface area (Å²) in [5.41, 5.74) is 15.8. The molecule has 3 heterocycles. The summed E-state index contributed by atoms with van der Waals surface area (Å²) in [7, 11) is 0. The molecule has 1 atom stereocenters. The normalized spacial score (nSPS) is 21.0. The van der Waals surface area contributed by atoms with Crippen LogP contribution in [0, 0.1) is 0 Å². The number of imidazole rings is 1. The van der Waals surface area contributed by atoms with Gasteiger partial charge in [-0.3, -0.25) is 4.79 Å². The first kappa shape index (κ1) is 17.8. The Hall–Kier alpha value is -3.26. The number of Topliss-reactive ketones (excluding diaryl/α,β-unsaturated/α-hetero) is 1. The number of rotatable bonds is 3. The Balaban J connectivity index is 1.50. The van der Waals surface area contributed by atoms with Crippen molar-refractivity contribution in [3.63, 3.8) is 0 Å². The monoisotopic (exact) mass is 405 g/mol. The Morgan fingerprint density at radius 2 is 2.07 bits per heavy atom. The number of ketones is 1. The van der Waals surface area contributed by atoms with Crippen LogP contribution in [-0.4, -0.2) is 21.6 Å². The van der Waals surface area contributed by atoms with E-state index in [0.717, 1.165) is 34.7 Å². The van der Waals surface area contributed by atoms with E-state index in [4.69, 9.17) is 15.9 Å². The van der Waals surface area contributed by atoms with E-state index < -0.39 is 5.92 Å². The molecule has 0 unspecified atom stereocenters. The van der Waals surface area contributed by atoms with Crippen LogP contribution in [0.4, 0.5) is 0 Å². The van der Waals surface area contributed by atoms with Gasteiger partial charge in [0.05, 0.1) is 22.6 Å². The van der Waals surface area contributed by atoms with Gasteiger partial charge in [0.1, 0.15) is 11.6 Å². The van der Waals surface area contributed by atoms with Crippen molar-refractivity contribution >= 4 is 34.4 Å². The molecule has 0 fully saturated rings. The predicted octanol–water partition coefficient (Wildman–Crippen LogP) is 3.61. The van der Waals surface area contributed by atoms with E-state index in [1.165, 1.54) is 18.0 Å². The number of nitrogens with one attached hydrogen (secondary N) is 1. The second kappa shape index (κ2) is 6.97. The Bertz CT molecular complexity index is 1180. The second-order valence-corrected chi connectivity index (χ2v) is 8.00.